The number of halogens is 1. The van der Waals surface area contributed by atoms with Crippen LogP contribution in [-0.2, 0) is 15.9 Å². The Morgan fingerprint density at radius 2 is 1.44 bits per heavy atom. The third kappa shape index (κ3) is 8.33. The maximum Gasteiger partial charge on any atom is 0.167 e. The minimum absolute atomic E-state index is 0.170. The van der Waals surface area contributed by atoms with E-state index >= 15 is 0 Å². The predicted octanol–water partition coefficient (Wildman–Crippen LogP) is 6.52. The third-order valence-electron chi connectivity index (χ3n) is 5.39. The quantitative estimate of drug-likeness (QED) is 0.280. The number of unbranched alkanes of at least 4 members (excludes halogenated alkanes) is 5. The fourth-order valence-corrected chi connectivity index (χ4v) is 3.46. The largest absolute Gasteiger partial charge is 0.353 e. The standard InChI is InChI=1S/C22H37FO2/c1-5-6-7-8-9-10-13-20(22(2,24-3)25-4)14-11-12-19-15-17-21(23)18-16-19/h15-18,20H,5-14H2,1-4H3. The molecule has 2 nitrogen and oxygen atoms in total. The van der Waals surface area contributed by atoms with Gasteiger partial charge in [0.25, 0.3) is 0 Å². The lowest BCUT2D eigenvalue weighted by molar-refractivity contribution is -0.230. The second-order valence-corrected chi connectivity index (χ2v) is 7.20. The summed E-state index contributed by atoms with van der Waals surface area (Å²) in [6.07, 6.45) is 12.0. The second kappa shape index (κ2) is 12.4. The van der Waals surface area contributed by atoms with Gasteiger partial charge in [0.2, 0.25) is 0 Å². The molecule has 0 bridgehead atoms. The SMILES string of the molecule is CCCCCCCCC(CCCc1ccc(F)cc1)C(C)(OC)OC. The number of ether oxygens (including phenoxy) is 2. The maximum atomic E-state index is 13.0. The first-order valence-electron chi connectivity index (χ1n) is 9.90. The fraction of sp³-hybridized carbons (Fsp3) is 0.727. The molecule has 0 spiro atoms. The van der Waals surface area contributed by atoms with Gasteiger partial charge in [0.1, 0.15) is 5.82 Å². The minimum atomic E-state index is -0.522. The molecule has 0 N–H and O–H groups in total. The molecular formula is C22H37FO2. The number of rotatable bonds is 14. The molecular weight excluding hydrogens is 315 g/mol. The van der Waals surface area contributed by atoms with Crippen LogP contribution in [0.1, 0.15) is 77.2 Å². The molecule has 0 aliphatic heterocycles. The van der Waals surface area contributed by atoms with Crippen molar-refractivity contribution in [1.29, 1.82) is 0 Å². The van der Waals surface area contributed by atoms with Crippen LogP contribution in [0.15, 0.2) is 24.3 Å². The molecule has 1 aromatic carbocycles. The van der Waals surface area contributed by atoms with E-state index in [1.54, 1.807) is 14.2 Å². The summed E-state index contributed by atoms with van der Waals surface area (Å²) in [5.74, 6) is -0.308. The Kier molecular flexibility index (Phi) is 11.0. The van der Waals surface area contributed by atoms with Gasteiger partial charge < -0.3 is 9.47 Å². The summed E-state index contributed by atoms with van der Waals surface area (Å²) in [6.45, 7) is 4.30. The average Bonchev–Trinajstić information content (AvgIpc) is 2.64. The smallest absolute Gasteiger partial charge is 0.167 e. The lowest BCUT2D eigenvalue weighted by Gasteiger charge is -2.35. The van der Waals surface area contributed by atoms with Gasteiger partial charge in [0.05, 0.1) is 0 Å². The molecule has 0 amide bonds. The molecule has 1 atom stereocenters. The van der Waals surface area contributed by atoms with Crippen LogP contribution in [0.5, 0.6) is 0 Å². The van der Waals surface area contributed by atoms with Crippen LogP contribution in [0, 0.1) is 11.7 Å². The van der Waals surface area contributed by atoms with Gasteiger partial charge in [0.15, 0.2) is 5.79 Å². The molecule has 0 saturated heterocycles. The van der Waals surface area contributed by atoms with E-state index in [0.29, 0.717) is 5.92 Å². The zero-order valence-electron chi connectivity index (χ0n) is 16.7. The van der Waals surface area contributed by atoms with Crippen molar-refractivity contribution in [3.05, 3.63) is 35.6 Å². The molecule has 0 aliphatic rings. The van der Waals surface area contributed by atoms with Crippen molar-refractivity contribution in [2.75, 3.05) is 14.2 Å². The Morgan fingerprint density at radius 3 is 2.04 bits per heavy atom. The van der Waals surface area contributed by atoms with Crippen molar-refractivity contribution in [2.45, 2.75) is 83.8 Å². The molecule has 144 valence electrons. The number of hydrogen-bond donors (Lipinski definition) is 0. The first-order valence-corrected chi connectivity index (χ1v) is 9.90. The van der Waals surface area contributed by atoms with E-state index < -0.39 is 5.79 Å². The van der Waals surface area contributed by atoms with E-state index in [1.165, 1.54) is 56.2 Å². The minimum Gasteiger partial charge on any atom is -0.353 e. The summed E-state index contributed by atoms with van der Waals surface area (Å²) < 4.78 is 24.4. The molecule has 0 saturated carbocycles. The fourth-order valence-electron chi connectivity index (χ4n) is 3.46. The van der Waals surface area contributed by atoms with E-state index in [0.717, 1.165) is 25.7 Å². The lowest BCUT2D eigenvalue weighted by Crippen LogP contribution is -2.39. The van der Waals surface area contributed by atoms with Crippen molar-refractivity contribution in [1.82, 2.24) is 0 Å². The van der Waals surface area contributed by atoms with Crippen LogP contribution < -0.4 is 0 Å². The van der Waals surface area contributed by atoms with Crippen LogP contribution in [0.4, 0.5) is 4.39 Å². The van der Waals surface area contributed by atoms with Gasteiger partial charge in [-0.3, -0.25) is 0 Å². The Balaban J connectivity index is 2.46. The summed E-state index contributed by atoms with van der Waals surface area (Å²) in [4.78, 5) is 0. The van der Waals surface area contributed by atoms with Gasteiger partial charge in [-0.1, -0.05) is 57.6 Å². The molecule has 3 heteroatoms. The highest BCUT2D eigenvalue weighted by molar-refractivity contribution is 5.15. The monoisotopic (exact) mass is 352 g/mol. The second-order valence-electron chi connectivity index (χ2n) is 7.20. The lowest BCUT2D eigenvalue weighted by atomic mass is 9.87. The van der Waals surface area contributed by atoms with Crippen molar-refractivity contribution in [3.63, 3.8) is 0 Å². The number of aryl methyl sites for hydroxylation is 1. The zero-order chi connectivity index (χ0) is 18.5. The van der Waals surface area contributed by atoms with Gasteiger partial charge >= 0.3 is 0 Å². The number of benzene rings is 1. The highest BCUT2D eigenvalue weighted by Gasteiger charge is 2.33. The Bertz CT molecular complexity index is 440. The molecule has 0 fully saturated rings. The first kappa shape index (κ1) is 22.1. The summed E-state index contributed by atoms with van der Waals surface area (Å²) >= 11 is 0. The van der Waals surface area contributed by atoms with Crippen LogP contribution in [-0.4, -0.2) is 20.0 Å². The van der Waals surface area contributed by atoms with Gasteiger partial charge in [-0.15, -0.1) is 0 Å². The van der Waals surface area contributed by atoms with Gasteiger partial charge in [-0.05, 0) is 50.3 Å². The van der Waals surface area contributed by atoms with Crippen LogP contribution >= 0.6 is 0 Å². The third-order valence-corrected chi connectivity index (χ3v) is 5.39. The molecule has 0 aromatic heterocycles. The zero-order valence-corrected chi connectivity index (χ0v) is 16.7. The molecule has 25 heavy (non-hydrogen) atoms. The highest BCUT2D eigenvalue weighted by atomic mass is 19.1. The topological polar surface area (TPSA) is 18.5 Å². The van der Waals surface area contributed by atoms with E-state index in [-0.39, 0.29) is 5.82 Å². The molecule has 0 aliphatic carbocycles. The van der Waals surface area contributed by atoms with Crippen LogP contribution in [0.3, 0.4) is 0 Å². The van der Waals surface area contributed by atoms with Crippen molar-refractivity contribution < 1.29 is 13.9 Å². The van der Waals surface area contributed by atoms with E-state index in [1.807, 2.05) is 19.1 Å². The van der Waals surface area contributed by atoms with Crippen molar-refractivity contribution in [3.8, 4) is 0 Å². The van der Waals surface area contributed by atoms with E-state index in [2.05, 4.69) is 6.92 Å². The summed E-state index contributed by atoms with van der Waals surface area (Å²) in [6, 6.07) is 6.84. The van der Waals surface area contributed by atoms with Crippen LogP contribution in [0.25, 0.3) is 0 Å². The van der Waals surface area contributed by atoms with Gasteiger partial charge in [-0.25, -0.2) is 4.39 Å². The predicted molar refractivity (Wildman–Crippen MR) is 103 cm³/mol. The molecule has 1 unspecified atom stereocenters. The summed E-state index contributed by atoms with van der Waals surface area (Å²) in [5, 5.41) is 0. The van der Waals surface area contributed by atoms with Crippen LogP contribution in [0.2, 0.25) is 0 Å². The van der Waals surface area contributed by atoms with E-state index in [9.17, 15) is 4.39 Å². The molecule has 1 aromatic rings. The number of methoxy groups -OCH3 is 2. The Labute approximate surface area is 154 Å². The van der Waals surface area contributed by atoms with Gasteiger partial charge in [0, 0.05) is 20.1 Å². The molecule has 1 rings (SSSR count). The number of hydrogen-bond acceptors (Lipinski definition) is 2. The van der Waals surface area contributed by atoms with E-state index in [4.69, 9.17) is 9.47 Å². The summed E-state index contributed by atoms with van der Waals surface area (Å²) in [7, 11) is 3.47. The normalized spacial score (nSPS) is 13.2. The van der Waals surface area contributed by atoms with Crippen molar-refractivity contribution in [2.24, 2.45) is 5.92 Å². The average molecular weight is 353 g/mol. The first-order chi connectivity index (χ1) is 12.1. The molecule has 0 radical (unpaired) electrons. The maximum absolute atomic E-state index is 13.0. The summed E-state index contributed by atoms with van der Waals surface area (Å²) in [5.41, 5.74) is 1.19. The molecule has 0 heterocycles. The van der Waals surface area contributed by atoms with Gasteiger partial charge in [-0.2, -0.15) is 0 Å². The highest BCUT2D eigenvalue weighted by Crippen LogP contribution is 2.31. The van der Waals surface area contributed by atoms with Crippen molar-refractivity contribution >= 4 is 0 Å². The Morgan fingerprint density at radius 1 is 0.880 bits per heavy atom. The Hall–Kier alpha value is -0.930.